The molecule has 1 fully saturated rings. The summed E-state index contributed by atoms with van der Waals surface area (Å²) in [5, 5.41) is 0. The largest absolute Gasteiger partial charge is 0.0810 e. The summed E-state index contributed by atoms with van der Waals surface area (Å²) in [6.07, 6.45) is 13.8. The molecule has 0 amide bonds. The molecule has 94 valence electrons. The minimum absolute atomic E-state index is 0.953. The van der Waals surface area contributed by atoms with E-state index in [-0.39, 0.29) is 0 Å². The van der Waals surface area contributed by atoms with Crippen LogP contribution in [0.4, 0.5) is 0 Å². The normalized spacial score (nSPS) is 37.3. The van der Waals surface area contributed by atoms with E-state index in [1.54, 1.807) is 5.57 Å². The fourth-order valence-electron chi connectivity index (χ4n) is 4.66. The smallest absolute Gasteiger partial charge is 0.0163 e. The lowest BCUT2D eigenvalue weighted by Crippen LogP contribution is -2.31. The van der Waals surface area contributed by atoms with Gasteiger partial charge in [-0.2, -0.15) is 0 Å². The zero-order chi connectivity index (χ0) is 11.8. The average Bonchev–Trinajstić information content (AvgIpc) is 2.38. The van der Waals surface area contributed by atoms with Crippen molar-refractivity contribution in [3.8, 4) is 0 Å². The van der Waals surface area contributed by atoms with Gasteiger partial charge in [0.1, 0.15) is 0 Å². The molecule has 0 heteroatoms. The second-order valence-electron chi connectivity index (χ2n) is 6.36. The molecular formula is C17H26. The molecule has 1 saturated carbocycles. The topological polar surface area (TPSA) is 0 Å². The maximum atomic E-state index is 2.54. The Morgan fingerprint density at radius 3 is 2.88 bits per heavy atom. The molecule has 0 spiro atoms. The highest BCUT2D eigenvalue weighted by molar-refractivity contribution is 5.42. The highest BCUT2D eigenvalue weighted by atomic mass is 14.4. The number of hydrogen-bond acceptors (Lipinski definition) is 0. The summed E-state index contributed by atoms with van der Waals surface area (Å²) < 4.78 is 0. The van der Waals surface area contributed by atoms with E-state index < -0.39 is 0 Å². The van der Waals surface area contributed by atoms with Crippen molar-refractivity contribution in [2.24, 2.45) is 17.8 Å². The number of fused-ring (bicyclic) bond motifs is 2. The molecule has 0 aromatic heterocycles. The van der Waals surface area contributed by atoms with Crippen molar-refractivity contribution in [1.82, 2.24) is 0 Å². The summed E-state index contributed by atoms with van der Waals surface area (Å²) in [5.74, 6) is 2.90. The third-order valence-electron chi connectivity index (χ3n) is 5.56. The number of allylic oxidation sites excluding steroid dienone is 4. The highest BCUT2D eigenvalue weighted by Gasteiger charge is 2.37. The molecule has 3 aliphatic carbocycles. The Kier molecular flexibility index (Phi) is 3.15. The molecule has 0 bridgehead atoms. The minimum atomic E-state index is 0.953. The molecule has 0 aromatic rings. The lowest BCUT2D eigenvalue weighted by atomic mass is 9.62. The van der Waals surface area contributed by atoms with Gasteiger partial charge in [0.05, 0.1) is 0 Å². The Morgan fingerprint density at radius 1 is 1.18 bits per heavy atom. The van der Waals surface area contributed by atoms with Crippen LogP contribution in [-0.2, 0) is 0 Å². The molecule has 2 unspecified atom stereocenters. The van der Waals surface area contributed by atoms with Gasteiger partial charge in [0.2, 0.25) is 0 Å². The fourth-order valence-corrected chi connectivity index (χ4v) is 4.66. The van der Waals surface area contributed by atoms with E-state index in [1.165, 1.54) is 51.4 Å². The maximum Gasteiger partial charge on any atom is -0.0163 e. The van der Waals surface area contributed by atoms with Crippen molar-refractivity contribution >= 4 is 0 Å². The molecule has 0 saturated heterocycles. The summed E-state index contributed by atoms with van der Waals surface area (Å²) >= 11 is 0. The Morgan fingerprint density at radius 2 is 2.06 bits per heavy atom. The Bertz CT molecular complexity index is 358. The second kappa shape index (κ2) is 4.63. The molecule has 0 aromatic carbocycles. The maximum absolute atomic E-state index is 2.54. The zero-order valence-electron chi connectivity index (χ0n) is 11.5. The lowest BCUT2D eigenvalue weighted by Gasteiger charge is -2.43. The molecular weight excluding hydrogens is 204 g/mol. The van der Waals surface area contributed by atoms with Crippen molar-refractivity contribution in [2.75, 3.05) is 0 Å². The molecule has 0 nitrogen and oxygen atoms in total. The van der Waals surface area contributed by atoms with E-state index in [1.807, 2.05) is 11.1 Å². The SMILES string of the molecule is CCC1C(C)CCC2=C3CCCC=C3CC[C@H]21. The van der Waals surface area contributed by atoms with Crippen LogP contribution in [0.2, 0.25) is 0 Å². The van der Waals surface area contributed by atoms with Crippen LogP contribution < -0.4 is 0 Å². The van der Waals surface area contributed by atoms with Gasteiger partial charge in [-0.3, -0.25) is 0 Å². The second-order valence-corrected chi connectivity index (χ2v) is 6.36. The number of hydrogen-bond donors (Lipinski definition) is 0. The van der Waals surface area contributed by atoms with Gasteiger partial charge in [0.15, 0.2) is 0 Å². The van der Waals surface area contributed by atoms with Gasteiger partial charge in [-0.1, -0.05) is 31.9 Å². The van der Waals surface area contributed by atoms with Gasteiger partial charge in [0.25, 0.3) is 0 Å². The number of rotatable bonds is 1. The Hall–Kier alpha value is -0.520. The van der Waals surface area contributed by atoms with Gasteiger partial charge in [-0.15, -0.1) is 0 Å². The fraction of sp³-hybridized carbons (Fsp3) is 0.765. The predicted molar refractivity (Wildman–Crippen MR) is 73.9 cm³/mol. The quantitative estimate of drug-likeness (QED) is 0.576. The third-order valence-corrected chi connectivity index (χ3v) is 5.56. The van der Waals surface area contributed by atoms with Crippen LogP contribution in [0, 0.1) is 17.8 Å². The van der Waals surface area contributed by atoms with E-state index in [9.17, 15) is 0 Å². The predicted octanol–water partition coefficient (Wildman–Crippen LogP) is 5.26. The first-order chi connectivity index (χ1) is 8.31. The van der Waals surface area contributed by atoms with Gasteiger partial charge in [0, 0.05) is 0 Å². The average molecular weight is 230 g/mol. The van der Waals surface area contributed by atoms with E-state index >= 15 is 0 Å². The van der Waals surface area contributed by atoms with Crippen LogP contribution in [0.15, 0.2) is 22.8 Å². The van der Waals surface area contributed by atoms with Crippen LogP contribution in [0.1, 0.15) is 65.2 Å². The first kappa shape index (κ1) is 11.6. The molecule has 17 heavy (non-hydrogen) atoms. The minimum Gasteiger partial charge on any atom is -0.0810 e. The molecule has 0 heterocycles. The van der Waals surface area contributed by atoms with Crippen LogP contribution in [0.5, 0.6) is 0 Å². The third kappa shape index (κ3) is 1.90. The van der Waals surface area contributed by atoms with Crippen LogP contribution in [0.25, 0.3) is 0 Å². The summed E-state index contributed by atoms with van der Waals surface area (Å²) in [7, 11) is 0. The van der Waals surface area contributed by atoms with Crippen molar-refractivity contribution in [3.05, 3.63) is 22.8 Å². The molecule has 3 rings (SSSR count). The highest BCUT2D eigenvalue weighted by Crippen LogP contribution is 2.50. The molecule has 0 N–H and O–H groups in total. The van der Waals surface area contributed by atoms with Gasteiger partial charge in [-0.25, -0.2) is 0 Å². The first-order valence-electron chi connectivity index (χ1n) is 7.72. The Balaban J connectivity index is 1.96. The van der Waals surface area contributed by atoms with Crippen LogP contribution in [0.3, 0.4) is 0 Å². The monoisotopic (exact) mass is 230 g/mol. The molecule has 0 radical (unpaired) electrons. The van der Waals surface area contributed by atoms with Crippen molar-refractivity contribution in [3.63, 3.8) is 0 Å². The van der Waals surface area contributed by atoms with Crippen molar-refractivity contribution < 1.29 is 0 Å². The summed E-state index contributed by atoms with van der Waals surface area (Å²) in [6, 6.07) is 0. The standard InChI is InChI=1S/C17H26/c1-3-14-12(2)8-10-17-15-7-5-4-6-13(15)9-11-16(14)17/h6,12,14,16H,3-5,7-11H2,1-2H3/t12?,14?,16-/m0/s1. The first-order valence-corrected chi connectivity index (χ1v) is 7.72. The van der Waals surface area contributed by atoms with Crippen molar-refractivity contribution in [2.45, 2.75) is 65.2 Å². The van der Waals surface area contributed by atoms with Crippen LogP contribution in [-0.4, -0.2) is 0 Å². The summed E-state index contributed by atoms with van der Waals surface area (Å²) in [6.45, 7) is 4.89. The Labute approximate surface area is 106 Å². The van der Waals surface area contributed by atoms with E-state index in [4.69, 9.17) is 0 Å². The van der Waals surface area contributed by atoms with E-state index in [2.05, 4.69) is 19.9 Å². The molecule has 0 aliphatic heterocycles. The summed E-state index contributed by atoms with van der Waals surface area (Å²) in [4.78, 5) is 0. The summed E-state index contributed by atoms with van der Waals surface area (Å²) in [5.41, 5.74) is 5.46. The van der Waals surface area contributed by atoms with E-state index in [0.29, 0.717) is 0 Å². The van der Waals surface area contributed by atoms with Gasteiger partial charge >= 0.3 is 0 Å². The lowest BCUT2D eigenvalue weighted by molar-refractivity contribution is 0.194. The van der Waals surface area contributed by atoms with Gasteiger partial charge < -0.3 is 0 Å². The van der Waals surface area contributed by atoms with Gasteiger partial charge in [-0.05, 0) is 73.8 Å². The molecule has 3 aliphatic rings. The zero-order valence-corrected chi connectivity index (χ0v) is 11.5. The van der Waals surface area contributed by atoms with E-state index in [0.717, 1.165) is 17.8 Å². The van der Waals surface area contributed by atoms with Crippen LogP contribution >= 0.6 is 0 Å². The molecule has 3 atom stereocenters. The van der Waals surface area contributed by atoms with Crippen molar-refractivity contribution in [1.29, 1.82) is 0 Å².